The van der Waals surface area contributed by atoms with E-state index in [1.165, 1.54) is 11.1 Å². The van der Waals surface area contributed by atoms with E-state index in [0.717, 1.165) is 70.0 Å². The van der Waals surface area contributed by atoms with E-state index in [0.29, 0.717) is 6.61 Å². The highest BCUT2D eigenvalue weighted by Crippen LogP contribution is 2.55. The lowest BCUT2D eigenvalue weighted by Gasteiger charge is -2.46. The normalized spacial score (nSPS) is 28.1. The number of rotatable bonds is 8. The zero-order valence-electron chi connectivity index (χ0n) is 20.5. The van der Waals surface area contributed by atoms with Crippen LogP contribution in [-0.4, -0.2) is 79.6 Å². The highest BCUT2D eigenvalue weighted by Gasteiger charge is 2.56. The van der Waals surface area contributed by atoms with Crippen molar-refractivity contribution in [1.29, 1.82) is 0 Å². The van der Waals surface area contributed by atoms with Crippen molar-refractivity contribution in [1.82, 2.24) is 9.80 Å². The smallest absolute Gasteiger partial charge is 0.165 e. The Morgan fingerprint density at radius 3 is 2.53 bits per heavy atom. The van der Waals surface area contributed by atoms with Crippen molar-refractivity contribution in [3.8, 4) is 11.5 Å². The van der Waals surface area contributed by atoms with Crippen LogP contribution in [0.15, 0.2) is 48.5 Å². The van der Waals surface area contributed by atoms with Gasteiger partial charge in [-0.1, -0.05) is 42.5 Å². The number of piperazine rings is 1. The fraction of sp³-hybridized carbons (Fsp3) is 0.571. The molecule has 5 rings (SSSR count). The number of benzene rings is 2. The standard InChI is InChI=1S/C28H38N2O4/c1-3-33-25(21-9-5-4-6-10-21)19-29-15-17-30(18-16-29)20-28-23(12-8-14-26(28)31)22-11-7-13-24(32-2)27(22)34-28/h4-7,9-11,13,23,25-26,31H,3,8,12,14-20H2,1-2H3. The van der Waals surface area contributed by atoms with Gasteiger partial charge in [-0.2, -0.15) is 0 Å². The third-order valence-electron chi connectivity index (χ3n) is 7.92. The summed E-state index contributed by atoms with van der Waals surface area (Å²) in [4.78, 5) is 4.98. The van der Waals surface area contributed by atoms with Gasteiger partial charge in [-0.3, -0.25) is 9.80 Å². The second-order valence-corrected chi connectivity index (χ2v) is 9.87. The van der Waals surface area contributed by atoms with Gasteiger partial charge in [-0.05, 0) is 37.8 Å². The molecule has 4 atom stereocenters. The lowest BCUT2D eigenvalue weighted by molar-refractivity contribution is -0.100. The maximum Gasteiger partial charge on any atom is 0.165 e. The van der Waals surface area contributed by atoms with Crippen molar-refractivity contribution in [2.24, 2.45) is 0 Å². The number of nitrogens with zero attached hydrogens (tertiary/aromatic N) is 2. The molecule has 0 amide bonds. The molecule has 0 aromatic heterocycles. The molecule has 2 aliphatic heterocycles. The van der Waals surface area contributed by atoms with Crippen LogP contribution in [0.5, 0.6) is 11.5 Å². The van der Waals surface area contributed by atoms with E-state index in [4.69, 9.17) is 14.2 Å². The van der Waals surface area contributed by atoms with Gasteiger partial charge in [-0.15, -0.1) is 0 Å². The third-order valence-corrected chi connectivity index (χ3v) is 7.92. The van der Waals surface area contributed by atoms with Gasteiger partial charge < -0.3 is 19.3 Å². The molecule has 2 heterocycles. The maximum absolute atomic E-state index is 11.2. The fourth-order valence-corrected chi connectivity index (χ4v) is 6.15. The molecule has 0 bridgehead atoms. The number of hydrogen-bond donors (Lipinski definition) is 1. The van der Waals surface area contributed by atoms with E-state index in [2.05, 4.69) is 53.1 Å². The molecule has 1 saturated heterocycles. The van der Waals surface area contributed by atoms with Gasteiger partial charge in [0.15, 0.2) is 17.1 Å². The summed E-state index contributed by atoms with van der Waals surface area (Å²) in [6.45, 7) is 8.33. The molecule has 3 aliphatic rings. The molecule has 2 aromatic rings. The van der Waals surface area contributed by atoms with Crippen molar-refractivity contribution in [2.45, 2.75) is 49.9 Å². The van der Waals surface area contributed by atoms with E-state index in [9.17, 15) is 5.11 Å². The SMILES string of the molecule is CCOC(CN1CCN(CC23Oc4c(OC)cccc4C2CCCC3O)CC1)c1ccccc1. The van der Waals surface area contributed by atoms with Gasteiger partial charge in [0.1, 0.15) is 0 Å². The van der Waals surface area contributed by atoms with E-state index in [-0.39, 0.29) is 12.0 Å². The summed E-state index contributed by atoms with van der Waals surface area (Å²) >= 11 is 0. The first-order valence-electron chi connectivity index (χ1n) is 12.8. The summed E-state index contributed by atoms with van der Waals surface area (Å²) in [7, 11) is 1.69. The van der Waals surface area contributed by atoms with Crippen LogP contribution >= 0.6 is 0 Å². The highest BCUT2D eigenvalue weighted by atomic mass is 16.5. The summed E-state index contributed by atoms with van der Waals surface area (Å²) in [6, 6.07) is 16.7. The molecule has 4 unspecified atom stereocenters. The Morgan fingerprint density at radius 1 is 1.03 bits per heavy atom. The number of fused-ring (bicyclic) bond motifs is 3. The molecule has 0 radical (unpaired) electrons. The van der Waals surface area contributed by atoms with Crippen molar-refractivity contribution in [3.05, 3.63) is 59.7 Å². The molecule has 2 aromatic carbocycles. The summed E-state index contributed by atoms with van der Waals surface area (Å²) in [5, 5.41) is 11.2. The number of methoxy groups -OCH3 is 1. The Bertz CT molecular complexity index is 947. The Balaban J connectivity index is 1.26. The van der Waals surface area contributed by atoms with Crippen LogP contribution in [-0.2, 0) is 4.74 Å². The zero-order chi connectivity index (χ0) is 23.5. The second kappa shape index (κ2) is 10.2. The maximum atomic E-state index is 11.2. The first-order valence-corrected chi connectivity index (χ1v) is 12.8. The Morgan fingerprint density at radius 2 is 1.79 bits per heavy atom. The topological polar surface area (TPSA) is 54.4 Å². The third kappa shape index (κ3) is 4.44. The first kappa shape index (κ1) is 23.6. The van der Waals surface area contributed by atoms with E-state index >= 15 is 0 Å². The van der Waals surface area contributed by atoms with Gasteiger partial charge >= 0.3 is 0 Å². The molecule has 6 heteroatoms. The molecule has 0 spiro atoms. The number of aliphatic hydroxyl groups excluding tert-OH is 1. The summed E-state index contributed by atoms with van der Waals surface area (Å²) in [5.41, 5.74) is 1.85. The van der Waals surface area contributed by atoms with E-state index < -0.39 is 11.7 Å². The Labute approximate surface area is 203 Å². The summed E-state index contributed by atoms with van der Waals surface area (Å²) < 4.78 is 18.4. The Hall–Kier alpha value is -2.12. The average molecular weight is 467 g/mol. The lowest BCUT2D eigenvalue weighted by atomic mass is 9.71. The minimum atomic E-state index is -0.588. The summed E-state index contributed by atoms with van der Waals surface area (Å²) in [6.07, 6.45) is 2.49. The van der Waals surface area contributed by atoms with Crippen LogP contribution < -0.4 is 9.47 Å². The van der Waals surface area contributed by atoms with Gasteiger partial charge in [0, 0.05) is 57.4 Å². The Kier molecular flexibility index (Phi) is 7.11. The molecular weight excluding hydrogens is 428 g/mol. The van der Waals surface area contributed by atoms with Crippen LogP contribution in [0, 0.1) is 0 Å². The van der Waals surface area contributed by atoms with Crippen LogP contribution in [0.25, 0.3) is 0 Å². The fourth-order valence-electron chi connectivity index (χ4n) is 6.15. The molecule has 1 saturated carbocycles. The molecule has 2 fully saturated rings. The van der Waals surface area contributed by atoms with E-state index in [1.807, 2.05) is 12.1 Å². The number of aliphatic hydroxyl groups is 1. The van der Waals surface area contributed by atoms with Crippen LogP contribution in [0.2, 0.25) is 0 Å². The largest absolute Gasteiger partial charge is 0.493 e. The minimum Gasteiger partial charge on any atom is -0.493 e. The van der Waals surface area contributed by atoms with Crippen LogP contribution in [0.1, 0.15) is 49.3 Å². The zero-order valence-corrected chi connectivity index (χ0v) is 20.5. The average Bonchev–Trinajstić information content (AvgIpc) is 3.21. The number of hydrogen-bond acceptors (Lipinski definition) is 6. The highest BCUT2D eigenvalue weighted by molar-refractivity contribution is 5.53. The van der Waals surface area contributed by atoms with Gasteiger partial charge in [0.05, 0.1) is 19.3 Å². The second-order valence-electron chi connectivity index (χ2n) is 9.87. The number of ether oxygens (including phenoxy) is 3. The summed E-state index contributed by atoms with van der Waals surface area (Å²) in [5.74, 6) is 1.81. The van der Waals surface area contributed by atoms with Gasteiger partial charge in [-0.25, -0.2) is 0 Å². The molecule has 184 valence electrons. The quantitative estimate of drug-likeness (QED) is 0.638. The van der Waals surface area contributed by atoms with Crippen molar-refractivity contribution in [2.75, 3.05) is 53.0 Å². The van der Waals surface area contributed by atoms with Crippen molar-refractivity contribution >= 4 is 0 Å². The lowest BCUT2D eigenvalue weighted by Crippen LogP contribution is -2.61. The van der Waals surface area contributed by atoms with Crippen molar-refractivity contribution in [3.63, 3.8) is 0 Å². The molecule has 1 aliphatic carbocycles. The minimum absolute atomic E-state index is 0.0982. The number of para-hydroxylation sites is 1. The van der Waals surface area contributed by atoms with Crippen LogP contribution in [0.4, 0.5) is 0 Å². The molecular formula is C28H38N2O4. The molecule has 1 N–H and O–H groups in total. The monoisotopic (exact) mass is 466 g/mol. The van der Waals surface area contributed by atoms with Gasteiger partial charge in [0.25, 0.3) is 0 Å². The van der Waals surface area contributed by atoms with Crippen molar-refractivity contribution < 1.29 is 19.3 Å². The molecule has 34 heavy (non-hydrogen) atoms. The first-order chi connectivity index (χ1) is 16.6. The predicted molar refractivity (Wildman–Crippen MR) is 133 cm³/mol. The van der Waals surface area contributed by atoms with Gasteiger partial charge in [0.2, 0.25) is 0 Å². The molecule has 6 nitrogen and oxygen atoms in total. The van der Waals surface area contributed by atoms with Crippen LogP contribution in [0.3, 0.4) is 0 Å². The predicted octanol–water partition coefficient (Wildman–Crippen LogP) is 3.85. The van der Waals surface area contributed by atoms with E-state index in [1.54, 1.807) is 7.11 Å².